The number of aliphatic hydroxyl groups is 1. The van der Waals surface area contributed by atoms with Crippen LogP contribution in [0.2, 0.25) is 0 Å². The fourth-order valence-electron chi connectivity index (χ4n) is 3.54. The summed E-state index contributed by atoms with van der Waals surface area (Å²) in [7, 11) is 0. The van der Waals surface area contributed by atoms with E-state index in [1.165, 1.54) is 0 Å². The molecule has 1 aliphatic carbocycles. The van der Waals surface area contributed by atoms with Crippen molar-refractivity contribution in [3.05, 3.63) is 60.3 Å². The minimum absolute atomic E-state index is 0.108. The monoisotopic (exact) mass is 366 g/mol. The Kier molecular flexibility index (Phi) is 5.07. The SMILES string of the molecule is O=C(NC1CCC(Oc2cccc3cnccc23)CC1)c1ccc(CO)o1. The lowest BCUT2D eigenvalue weighted by atomic mass is 9.92. The summed E-state index contributed by atoms with van der Waals surface area (Å²) in [6, 6.07) is 11.3. The summed E-state index contributed by atoms with van der Waals surface area (Å²) in [5.41, 5.74) is 0. The molecule has 1 saturated carbocycles. The number of furan rings is 1. The molecule has 0 atom stereocenters. The van der Waals surface area contributed by atoms with Gasteiger partial charge in [-0.2, -0.15) is 0 Å². The number of carbonyl (C=O) groups is 1. The number of hydrogen-bond donors (Lipinski definition) is 2. The van der Waals surface area contributed by atoms with Gasteiger partial charge in [0.25, 0.3) is 5.91 Å². The maximum atomic E-state index is 12.2. The van der Waals surface area contributed by atoms with Crippen molar-refractivity contribution in [3.63, 3.8) is 0 Å². The highest BCUT2D eigenvalue weighted by molar-refractivity contribution is 5.91. The Morgan fingerprint density at radius 2 is 2.04 bits per heavy atom. The van der Waals surface area contributed by atoms with E-state index in [1.807, 2.05) is 30.5 Å². The number of benzene rings is 1. The molecule has 1 amide bonds. The van der Waals surface area contributed by atoms with Gasteiger partial charge >= 0.3 is 0 Å². The van der Waals surface area contributed by atoms with Gasteiger partial charge in [-0.05, 0) is 49.9 Å². The molecule has 0 bridgehead atoms. The maximum absolute atomic E-state index is 12.2. The Morgan fingerprint density at radius 1 is 1.19 bits per heavy atom. The minimum atomic E-state index is -0.236. The van der Waals surface area contributed by atoms with E-state index in [0.29, 0.717) is 5.76 Å². The summed E-state index contributed by atoms with van der Waals surface area (Å²) in [5, 5.41) is 14.2. The Labute approximate surface area is 157 Å². The average Bonchev–Trinajstić information content (AvgIpc) is 3.19. The fraction of sp³-hybridized carbons (Fsp3) is 0.333. The number of aromatic nitrogens is 1. The zero-order chi connectivity index (χ0) is 18.6. The van der Waals surface area contributed by atoms with Crippen LogP contribution in [0.1, 0.15) is 42.0 Å². The molecule has 6 nitrogen and oxygen atoms in total. The van der Waals surface area contributed by atoms with Crippen molar-refractivity contribution in [2.75, 3.05) is 0 Å². The van der Waals surface area contributed by atoms with E-state index in [-0.39, 0.29) is 30.4 Å². The predicted molar refractivity (Wildman–Crippen MR) is 101 cm³/mol. The molecule has 2 aromatic heterocycles. The van der Waals surface area contributed by atoms with E-state index in [2.05, 4.69) is 10.3 Å². The number of nitrogens with one attached hydrogen (secondary N) is 1. The van der Waals surface area contributed by atoms with Crippen LogP contribution in [-0.2, 0) is 6.61 Å². The lowest BCUT2D eigenvalue weighted by Crippen LogP contribution is -2.39. The third-order valence-electron chi connectivity index (χ3n) is 4.99. The summed E-state index contributed by atoms with van der Waals surface area (Å²) >= 11 is 0. The number of aliphatic hydroxyl groups excluding tert-OH is 1. The Balaban J connectivity index is 1.33. The van der Waals surface area contributed by atoms with Crippen molar-refractivity contribution < 1.29 is 19.1 Å². The van der Waals surface area contributed by atoms with E-state index >= 15 is 0 Å². The summed E-state index contributed by atoms with van der Waals surface area (Å²) in [5.74, 6) is 1.28. The number of fused-ring (bicyclic) bond motifs is 1. The van der Waals surface area contributed by atoms with Gasteiger partial charge in [-0.15, -0.1) is 0 Å². The quantitative estimate of drug-likeness (QED) is 0.723. The van der Waals surface area contributed by atoms with Gasteiger partial charge in [0.1, 0.15) is 18.1 Å². The van der Waals surface area contributed by atoms with Crippen LogP contribution in [-0.4, -0.2) is 28.1 Å². The first-order valence-corrected chi connectivity index (χ1v) is 9.23. The van der Waals surface area contributed by atoms with E-state index in [0.717, 1.165) is 42.2 Å². The van der Waals surface area contributed by atoms with Crippen LogP contribution in [0.5, 0.6) is 5.75 Å². The lowest BCUT2D eigenvalue weighted by molar-refractivity contribution is 0.0863. The van der Waals surface area contributed by atoms with Crippen LogP contribution in [0.4, 0.5) is 0 Å². The first-order chi connectivity index (χ1) is 13.2. The van der Waals surface area contributed by atoms with Crippen LogP contribution in [0.3, 0.4) is 0 Å². The highest BCUT2D eigenvalue weighted by Crippen LogP contribution is 2.29. The van der Waals surface area contributed by atoms with Gasteiger partial charge in [0.2, 0.25) is 0 Å². The van der Waals surface area contributed by atoms with Crippen LogP contribution < -0.4 is 10.1 Å². The van der Waals surface area contributed by atoms with Gasteiger partial charge in [0, 0.05) is 29.2 Å². The van der Waals surface area contributed by atoms with E-state index in [1.54, 1.807) is 18.3 Å². The molecule has 4 rings (SSSR count). The molecule has 0 spiro atoms. The third-order valence-corrected chi connectivity index (χ3v) is 4.99. The van der Waals surface area contributed by atoms with E-state index < -0.39 is 0 Å². The van der Waals surface area contributed by atoms with Crippen LogP contribution in [0, 0.1) is 0 Å². The number of ether oxygens (including phenoxy) is 1. The van der Waals surface area contributed by atoms with Crippen LogP contribution in [0.25, 0.3) is 10.8 Å². The predicted octanol–water partition coefficient (Wildman–Crippen LogP) is 3.44. The van der Waals surface area contributed by atoms with Crippen LogP contribution >= 0.6 is 0 Å². The van der Waals surface area contributed by atoms with Gasteiger partial charge in [-0.3, -0.25) is 9.78 Å². The first-order valence-electron chi connectivity index (χ1n) is 9.23. The molecule has 3 aromatic rings. The van der Waals surface area contributed by atoms with E-state index in [9.17, 15) is 4.79 Å². The largest absolute Gasteiger partial charge is 0.490 e. The second kappa shape index (κ2) is 7.80. The molecule has 0 unspecified atom stereocenters. The van der Waals surface area contributed by atoms with Crippen molar-refractivity contribution >= 4 is 16.7 Å². The van der Waals surface area contributed by atoms with E-state index in [4.69, 9.17) is 14.3 Å². The normalized spacial score (nSPS) is 19.7. The number of nitrogens with zero attached hydrogens (tertiary/aromatic N) is 1. The Hall–Kier alpha value is -2.86. The van der Waals surface area contributed by atoms with Crippen molar-refractivity contribution in [3.8, 4) is 5.75 Å². The van der Waals surface area contributed by atoms with Gasteiger partial charge in [-0.25, -0.2) is 0 Å². The number of hydrogen-bond acceptors (Lipinski definition) is 5. The summed E-state index contributed by atoms with van der Waals surface area (Å²) in [4.78, 5) is 16.4. The van der Waals surface area contributed by atoms with Crippen molar-refractivity contribution in [1.82, 2.24) is 10.3 Å². The summed E-state index contributed by atoms with van der Waals surface area (Å²) < 4.78 is 11.5. The molecule has 140 valence electrons. The van der Waals surface area contributed by atoms with Crippen molar-refractivity contribution in [2.24, 2.45) is 0 Å². The summed E-state index contributed by atoms with van der Waals surface area (Å²) in [6.07, 6.45) is 7.23. The highest BCUT2D eigenvalue weighted by Gasteiger charge is 2.25. The van der Waals surface area contributed by atoms with Crippen molar-refractivity contribution in [1.29, 1.82) is 0 Å². The average molecular weight is 366 g/mol. The zero-order valence-corrected chi connectivity index (χ0v) is 14.9. The topological polar surface area (TPSA) is 84.6 Å². The Bertz CT molecular complexity index is 923. The lowest BCUT2D eigenvalue weighted by Gasteiger charge is -2.29. The van der Waals surface area contributed by atoms with Gasteiger partial charge < -0.3 is 19.6 Å². The molecule has 0 saturated heterocycles. The van der Waals surface area contributed by atoms with Crippen LogP contribution in [0.15, 0.2) is 53.2 Å². The molecule has 1 fully saturated rings. The first kappa shape index (κ1) is 17.5. The smallest absolute Gasteiger partial charge is 0.287 e. The summed E-state index contributed by atoms with van der Waals surface area (Å²) in [6.45, 7) is -0.208. The molecule has 1 aromatic carbocycles. The molecule has 1 aliphatic rings. The van der Waals surface area contributed by atoms with Gasteiger partial charge in [-0.1, -0.05) is 12.1 Å². The number of amides is 1. The molecule has 2 N–H and O–H groups in total. The number of rotatable bonds is 5. The molecular formula is C21H22N2O4. The highest BCUT2D eigenvalue weighted by atomic mass is 16.5. The second-order valence-corrected chi connectivity index (χ2v) is 6.84. The standard InChI is InChI=1S/C21H22N2O4/c24-13-17-8-9-20(27-17)21(25)23-15-4-6-16(7-5-15)26-19-3-1-2-14-12-22-11-10-18(14)19/h1-3,8-12,15-16,24H,4-7,13H2,(H,23,25). The third kappa shape index (κ3) is 3.95. The van der Waals surface area contributed by atoms with Gasteiger partial charge in [0.15, 0.2) is 5.76 Å². The molecular weight excluding hydrogens is 344 g/mol. The molecule has 0 aliphatic heterocycles. The second-order valence-electron chi connectivity index (χ2n) is 6.84. The molecule has 0 radical (unpaired) electrons. The molecule has 2 heterocycles. The maximum Gasteiger partial charge on any atom is 0.287 e. The number of carbonyl (C=O) groups excluding carboxylic acids is 1. The van der Waals surface area contributed by atoms with Crippen molar-refractivity contribution in [2.45, 2.75) is 44.4 Å². The van der Waals surface area contributed by atoms with Gasteiger partial charge in [0.05, 0.1) is 6.10 Å². The fourth-order valence-corrected chi connectivity index (χ4v) is 3.54. The molecule has 27 heavy (non-hydrogen) atoms. The minimum Gasteiger partial charge on any atom is -0.490 e. The zero-order valence-electron chi connectivity index (χ0n) is 14.9. The number of pyridine rings is 1. The Morgan fingerprint density at radius 3 is 2.81 bits per heavy atom. The molecule has 6 heteroatoms.